The second-order valence-electron chi connectivity index (χ2n) is 6.17. The lowest BCUT2D eigenvalue weighted by Crippen LogP contribution is -2.31. The number of halogens is 3. The molecule has 25 heavy (non-hydrogen) atoms. The summed E-state index contributed by atoms with van der Waals surface area (Å²) in [6.45, 7) is 7.67. The van der Waals surface area contributed by atoms with Crippen LogP contribution in [0.2, 0.25) is 0 Å². The molecule has 0 saturated carbocycles. The van der Waals surface area contributed by atoms with Crippen molar-refractivity contribution in [1.29, 1.82) is 0 Å². The fourth-order valence-corrected chi connectivity index (χ4v) is 2.98. The Labute approximate surface area is 149 Å². The van der Waals surface area contributed by atoms with Crippen LogP contribution in [0.4, 0.5) is 13.2 Å². The number of amidine groups is 1. The van der Waals surface area contributed by atoms with Crippen molar-refractivity contribution < 1.29 is 13.2 Å². The van der Waals surface area contributed by atoms with Crippen molar-refractivity contribution in [2.45, 2.75) is 44.9 Å². The zero-order valence-electron chi connectivity index (χ0n) is 14.6. The molecule has 2 unspecified atom stereocenters. The average Bonchev–Trinajstić information content (AvgIpc) is 2.53. The van der Waals surface area contributed by atoms with E-state index in [0.717, 1.165) is 30.6 Å². The van der Waals surface area contributed by atoms with E-state index in [4.69, 9.17) is 0 Å². The molecular formula is C19H24F3N2P. The lowest BCUT2D eigenvalue weighted by atomic mass is 10.0. The number of allylic oxidation sites excluding steroid dienone is 1. The van der Waals surface area contributed by atoms with E-state index in [9.17, 15) is 13.2 Å². The molecule has 0 fully saturated rings. The zero-order chi connectivity index (χ0) is 18.6. The Morgan fingerprint density at radius 3 is 2.44 bits per heavy atom. The minimum Gasteiger partial charge on any atom is -0.331 e. The average molecular weight is 368 g/mol. The van der Waals surface area contributed by atoms with Crippen molar-refractivity contribution in [3.8, 4) is 0 Å². The third-order valence-corrected chi connectivity index (χ3v) is 4.43. The Kier molecular flexibility index (Phi) is 6.45. The molecule has 2 rings (SSSR count). The van der Waals surface area contributed by atoms with Crippen LogP contribution in [0.15, 0.2) is 47.6 Å². The van der Waals surface area contributed by atoms with Crippen molar-refractivity contribution in [2.75, 3.05) is 6.54 Å². The lowest BCUT2D eigenvalue weighted by Gasteiger charge is -2.29. The van der Waals surface area contributed by atoms with Gasteiger partial charge in [-0.15, -0.1) is 9.24 Å². The lowest BCUT2D eigenvalue weighted by molar-refractivity contribution is 0.0175. The van der Waals surface area contributed by atoms with Crippen LogP contribution in [0.5, 0.6) is 0 Å². The number of alkyl halides is 3. The predicted octanol–water partition coefficient (Wildman–Crippen LogP) is 5.73. The molecule has 1 aromatic carbocycles. The molecule has 0 amide bonds. The van der Waals surface area contributed by atoms with Gasteiger partial charge in [0.25, 0.3) is 5.92 Å². The number of hydrogen-bond donors (Lipinski definition) is 0. The summed E-state index contributed by atoms with van der Waals surface area (Å²) in [6, 6.07) is 6.13. The van der Waals surface area contributed by atoms with E-state index in [1.807, 2.05) is 17.9 Å². The molecule has 0 saturated heterocycles. The normalized spacial score (nSPS) is 16.6. The van der Waals surface area contributed by atoms with Crippen LogP contribution in [-0.2, 0) is 5.92 Å². The Hall–Kier alpha value is -1.61. The molecule has 2 atom stereocenters. The molecule has 6 heteroatoms. The van der Waals surface area contributed by atoms with Crippen LogP contribution in [0.3, 0.4) is 0 Å². The van der Waals surface area contributed by atoms with Gasteiger partial charge < -0.3 is 4.90 Å². The topological polar surface area (TPSA) is 15.6 Å². The van der Waals surface area contributed by atoms with Gasteiger partial charge in [-0.2, -0.15) is 0 Å². The first-order valence-corrected chi connectivity index (χ1v) is 9.03. The molecule has 0 spiro atoms. The maximum atomic E-state index is 13.4. The first kappa shape index (κ1) is 19.7. The summed E-state index contributed by atoms with van der Waals surface area (Å²) in [5.41, 5.74) is 2.23. The summed E-state index contributed by atoms with van der Waals surface area (Å²) >= 11 is 0. The van der Waals surface area contributed by atoms with Crippen LogP contribution in [-0.4, -0.2) is 23.2 Å². The largest absolute Gasteiger partial charge is 0.331 e. The number of benzene rings is 1. The molecule has 1 aliphatic heterocycles. The van der Waals surface area contributed by atoms with Gasteiger partial charge in [-0.1, -0.05) is 30.8 Å². The van der Waals surface area contributed by atoms with Gasteiger partial charge in [-0.05, 0) is 25.8 Å². The molecule has 1 heterocycles. The molecule has 0 aromatic heterocycles. The van der Waals surface area contributed by atoms with Gasteiger partial charge in [-0.3, -0.25) is 0 Å². The summed E-state index contributed by atoms with van der Waals surface area (Å²) < 4.78 is 39.7. The summed E-state index contributed by atoms with van der Waals surface area (Å²) in [4.78, 5) is 6.66. The van der Waals surface area contributed by atoms with Crippen LogP contribution < -0.4 is 0 Å². The molecule has 0 radical (unpaired) electrons. The van der Waals surface area contributed by atoms with Crippen LogP contribution in [0.25, 0.3) is 5.70 Å². The highest BCUT2D eigenvalue weighted by atomic mass is 31.0. The van der Waals surface area contributed by atoms with E-state index < -0.39 is 11.8 Å². The van der Waals surface area contributed by atoms with Crippen molar-refractivity contribution in [3.63, 3.8) is 0 Å². The van der Waals surface area contributed by atoms with Gasteiger partial charge in [0.2, 0.25) is 0 Å². The third-order valence-electron chi connectivity index (χ3n) is 4.10. The zero-order valence-corrected chi connectivity index (χ0v) is 15.8. The first-order valence-electron chi connectivity index (χ1n) is 8.36. The molecule has 136 valence electrons. The quantitative estimate of drug-likeness (QED) is 0.562. The van der Waals surface area contributed by atoms with E-state index in [1.165, 1.54) is 12.1 Å². The van der Waals surface area contributed by atoms with E-state index >= 15 is 0 Å². The van der Waals surface area contributed by atoms with Crippen LogP contribution in [0, 0.1) is 0 Å². The second kappa shape index (κ2) is 8.18. The summed E-state index contributed by atoms with van der Waals surface area (Å²) in [7, 11) is 2.15. The van der Waals surface area contributed by atoms with Crippen LogP contribution >= 0.6 is 9.24 Å². The number of nitrogens with zero attached hydrogens (tertiary/aromatic N) is 2. The van der Waals surface area contributed by atoms with E-state index in [-0.39, 0.29) is 5.56 Å². The van der Waals surface area contributed by atoms with Crippen LogP contribution in [0.1, 0.15) is 44.2 Å². The standard InChI is InChI=1S/C19H24F3N2P/c1-4-24-13(2)12-16(23-18(24)7-5-6-17(20)25)14-8-10-15(11-9-14)19(3,21)22/h8-12,17H,2,4-7,25H2,1,3H3. The minimum atomic E-state index is -2.86. The molecule has 0 N–H and O–H groups in total. The van der Waals surface area contributed by atoms with Crippen molar-refractivity contribution in [3.05, 3.63) is 53.7 Å². The van der Waals surface area contributed by atoms with E-state index in [0.29, 0.717) is 25.0 Å². The summed E-state index contributed by atoms with van der Waals surface area (Å²) in [5.74, 6) is -2.95. The fourth-order valence-electron chi connectivity index (χ4n) is 2.75. The first-order chi connectivity index (χ1) is 11.7. The van der Waals surface area contributed by atoms with E-state index in [2.05, 4.69) is 20.8 Å². The number of rotatable bonds is 7. The monoisotopic (exact) mass is 368 g/mol. The number of aliphatic imine (C=N–C) groups is 1. The molecule has 2 nitrogen and oxygen atoms in total. The Morgan fingerprint density at radius 1 is 1.28 bits per heavy atom. The second-order valence-corrected chi connectivity index (χ2v) is 6.89. The fraction of sp³-hybridized carbons (Fsp3) is 0.421. The van der Waals surface area contributed by atoms with Gasteiger partial charge in [-0.25, -0.2) is 18.2 Å². The minimum absolute atomic E-state index is 0.0275. The highest BCUT2D eigenvalue weighted by molar-refractivity contribution is 7.17. The van der Waals surface area contributed by atoms with Crippen molar-refractivity contribution >= 4 is 20.8 Å². The Morgan fingerprint density at radius 2 is 1.92 bits per heavy atom. The van der Waals surface area contributed by atoms with Gasteiger partial charge >= 0.3 is 0 Å². The smallest absolute Gasteiger partial charge is 0.270 e. The molecular weight excluding hydrogens is 344 g/mol. The highest BCUT2D eigenvalue weighted by Gasteiger charge is 2.24. The predicted molar refractivity (Wildman–Crippen MR) is 101 cm³/mol. The Balaban J connectivity index is 2.24. The number of hydrogen-bond acceptors (Lipinski definition) is 2. The molecule has 0 aliphatic carbocycles. The van der Waals surface area contributed by atoms with Crippen molar-refractivity contribution in [2.24, 2.45) is 4.99 Å². The molecule has 1 aromatic rings. The van der Waals surface area contributed by atoms with Gasteiger partial charge in [0, 0.05) is 36.7 Å². The van der Waals surface area contributed by atoms with Crippen molar-refractivity contribution in [1.82, 2.24) is 4.90 Å². The maximum absolute atomic E-state index is 13.4. The van der Waals surface area contributed by atoms with Gasteiger partial charge in [0.1, 0.15) is 11.7 Å². The van der Waals surface area contributed by atoms with E-state index in [1.54, 1.807) is 12.1 Å². The summed E-state index contributed by atoms with van der Waals surface area (Å²) in [5, 5.41) is 0. The molecule has 1 aliphatic rings. The van der Waals surface area contributed by atoms with Gasteiger partial charge in [0.15, 0.2) is 0 Å². The number of likely N-dealkylation sites (N-methyl/N-ethyl adjacent to an activating group) is 1. The molecule has 0 bridgehead atoms. The highest BCUT2D eigenvalue weighted by Crippen LogP contribution is 2.30. The maximum Gasteiger partial charge on any atom is 0.270 e. The third kappa shape index (κ3) is 5.18. The summed E-state index contributed by atoms with van der Waals surface area (Å²) in [6.07, 6.45) is 3.62. The SMILES string of the molecule is C=C1C=C(c2ccc(C(C)(F)F)cc2)N=C(CCCC(F)P)N1CC. The van der Waals surface area contributed by atoms with Gasteiger partial charge in [0.05, 0.1) is 5.70 Å². The Bertz CT molecular complexity index is 673.